The van der Waals surface area contributed by atoms with E-state index in [4.69, 9.17) is 16.3 Å². The maximum atomic E-state index is 12.1. The monoisotopic (exact) mass is 320 g/mol. The van der Waals surface area contributed by atoms with Crippen LogP contribution in [0.1, 0.15) is 5.56 Å². The molecule has 0 saturated heterocycles. The summed E-state index contributed by atoms with van der Waals surface area (Å²) in [6, 6.07) is 7.32. The molecule has 1 aliphatic heterocycles. The molecule has 1 N–H and O–H groups in total. The SMILES string of the molecule is Cn1ccc(NC(=O)CN2CCOc3ccc(Cl)cc3C2)n1. The van der Waals surface area contributed by atoms with Gasteiger partial charge in [-0.1, -0.05) is 11.6 Å². The Bertz CT molecular complexity index is 686. The molecule has 1 aromatic heterocycles. The summed E-state index contributed by atoms with van der Waals surface area (Å²) in [6.07, 6.45) is 1.79. The lowest BCUT2D eigenvalue weighted by Crippen LogP contribution is -2.34. The van der Waals surface area contributed by atoms with Crippen LogP contribution in [0.25, 0.3) is 0 Å². The van der Waals surface area contributed by atoms with Crippen LogP contribution in [0.4, 0.5) is 5.82 Å². The smallest absolute Gasteiger partial charge is 0.239 e. The summed E-state index contributed by atoms with van der Waals surface area (Å²) in [6.45, 7) is 2.14. The van der Waals surface area contributed by atoms with Crippen LogP contribution >= 0.6 is 11.6 Å². The molecule has 2 aromatic rings. The molecule has 0 aliphatic carbocycles. The number of ether oxygens (including phenoxy) is 1. The Morgan fingerprint density at radius 2 is 2.32 bits per heavy atom. The molecule has 0 bridgehead atoms. The number of rotatable bonds is 3. The van der Waals surface area contributed by atoms with Gasteiger partial charge < -0.3 is 10.1 Å². The zero-order valence-corrected chi connectivity index (χ0v) is 13.0. The van der Waals surface area contributed by atoms with Gasteiger partial charge in [0.05, 0.1) is 6.54 Å². The van der Waals surface area contributed by atoms with Gasteiger partial charge in [0, 0.05) is 43.0 Å². The van der Waals surface area contributed by atoms with E-state index in [1.807, 2.05) is 30.1 Å². The molecule has 1 aliphatic rings. The fourth-order valence-electron chi connectivity index (χ4n) is 2.42. The van der Waals surface area contributed by atoms with E-state index in [1.165, 1.54) is 0 Å². The average molecular weight is 321 g/mol. The quantitative estimate of drug-likeness (QED) is 0.938. The van der Waals surface area contributed by atoms with E-state index in [-0.39, 0.29) is 12.5 Å². The zero-order chi connectivity index (χ0) is 15.5. The molecular formula is C15H17ClN4O2. The van der Waals surface area contributed by atoms with Gasteiger partial charge in [-0.3, -0.25) is 14.4 Å². The third-order valence-electron chi connectivity index (χ3n) is 3.43. The predicted molar refractivity (Wildman–Crippen MR) is 84.1 cm³/mol. The molecule has 0 atom stereocenters. The molecule has 1 aromatic carbocycles. The maximum Gasteiger partial charge on any atom is 0.239 e. The molecule has 2 heterocycles. The van der Waals surface area contributed by atoms with Crippen molar-refractivity contribution in [3.63, 3.8) is 0 Å². The summed E-state index contributed by atoms with van der Waals surface area (Å²) < 4.78 is 7.34. The fraction of sp³-hybridized carbons (Fsp3) is 0.333. The minimum absolute atomic E-state index is 0.0934. The minimum atomic E-state index is -0.0934. The van der Waals surface area contributed by atoms with Crippen molar-refractivity contribution in [2.75, 3.05) is 25.0 Å². The average Bonchev–Trinajstić information content (AvgIpc) is 2.75. The summed E-state index contributed by atoms with van der Waals surface area (Å²) in [5.74, 6) is 1.29. The number of benzene rings is 1. The van der Waals surface area contributed by atoms with E-state index in [0.717, 1.165) is 11.3 Å². The Morgan fingerprint density at radius 1 is 1.45 bits per heavy atom. The van der Waals surface area contributed by atoms with E-state index in [9.17, 15) is 4.79 Å². The van der Waals surface area contributed by atoms with Crippen LogP contribution in [-0.4, -0.2) is 40.3 Å². The molecule has 0 radical (unpaired) electrons. The highest BCUT2D eigenvalue weighted by Crippen LogP contribution is 2.26. The van der Waals surface area contributed by atoms with Gasteiger partial charge in [-0.25, -0.2) is 0 Å². The van der Waals surface area contributed by atoms with Crippen molar-refractivity contribution in [3.8, 4) is 5.75 Å². The molecule has 1 amide bonds. The van der Waals surface area contributed by atoms with Crippen molar-refractivity contribution in [1.29, 1.82) is 0 Å². The largest absolute Gasteiger partial charge is 0.492 e. The molecule has 116 valence electrons. The van der Waals surface area contributed by atoms with E-state index >= 15 is 0 Å². The van der Waals surface area contributed by atoms with E-state index in [0.29, 0.717) is 30.5 Å². The van der Waals surface area contributed by atoms with Crippen LogP contribution in [-0.2, 0) is 18.4 Å². The van der Waals surface area contributed by atoms with Gasteiger partial charge in [0.15, 0.2) is 5.82 Å². The number of nitrogens with one attached hydrogen (secondary N) is 1. The van der Waals surface area contributed by atoms with Crippen molar-refractivity contribution in [1.82, 2.24) is 14.7 Å². The lowest BCUT2D eigenvalue weighted by molar-refractivity contribution is -0.117. The third-order valence-corrected chi connectivity index (χ3v) is 3.66. The Labute approximate surface area is 133 Å². The van der Waals surface area contributed by atoms with E-state index < -0.39 is 0 Å². The highest BCUT2D eigenvalue weighted by atomic mass is 35.5. The molecule has 0 spiro atoms. The van der Waals surface area contributed by atoms with Crippen LogP contribution in [0.15, 0.2) is 30.5 Å². The first-order valence-electron chi connectivity index (χ1n) is 7.03. The first-order valence-corrected chi connectivity index (χ1v) is 7.41. The number of halogens is 1. The molecule has 7 heteroatoms. The van der Waals surface area contributed by atoms with Crippen molar-refractivity contribution >= 4 is 23.3 Å². The summed E-state index contributed by atoms with van der Waals surface area (Å²) in [5.41, 5.74) is 0.996. The van der Waals surface area contributed by atoms with Crippen LogP contribution < -0.4 is 10.1 Å². The maximum absolute atomic E-state index is 12.1. The first kappa shape index (κ1) is 14.9. The number of carbonyl (C=O) groups is 1. The van der Waals surface area contributed by atoms with Crippen molar-refractivity contribution < 1.29 is 9.53 Å². The van der Waals surface area contributed by atoms with Crippen LogP contribution in [0.3, 0.4) is 0 Å². The van der Waals surface area contributed by atoms with Gasteiger partial charge in [0.1, 0.15) is 12.4 Å². The zero-order valence-electron chi connectivity index (χ0n) is 12.3. The number of hydrogen-bond donors (Lipinski definition) is 1. The number of aryl methyl sites for hydroxylation is 1. The van der Waals surface area contributed by atoms with E-state index in [2.05, 4.69) is 10.4 Å². The molecular weight excluding hydrogens is 304 g/mol. The topological polar surface area (TPSA) is 59.4 Å². The second-order valence-corrected chi connectivity index (χ2v) is 5.67. The fourth-order valence-corrected chi connectivity index (χ4v) is 2.61. The Balaban J connectivity index is 1.64. The second kappa shape index (κ2) is 6.37. The number of hydrogen-bond acceptors (Lipinski definition) is 4. The Kier molecular flexibility index (Phi) is 4.31. The first-order chi connectivity index (χ1) is 10.6. The van der Waals surface area contributed by atoms with Crippen LogP contribution in [0, 0.1) is 0 Å². The Hall–Kier alpha value is -2.05. The highest BCUT2D eigenvalue weighted by molar-refractivity contribution is 6.30. The van der Waals surface area contributed by atoms with Crippen molar-refractivity contribution in [2.24, 2.45) is 7.05 Å². The normalized spacial score (nSPS) is 14.8. The van der Waals surface area contributed by atoms with Gasteiger partial charge in [-0.15, -0.1) is 0 Å². The minimum Gasteiger partial charge on any atom is -0.492 e. The van der Waals surface area contributed by atoms with Crippen molar-refractivity contribution in [2.45, 2.75) is 6.54 Å². The molecule has 6 nitrogen and oxygen atoms in total. The standard InChI is InChI=1S/C15H17ClN4O2/c1-19-5-4-14(18-19)17-15(21)10-20-6-7-22-13-3-2-12(16)8-11(13)9-20/h2-5,8H,6-7,9-10H2,1H3,(H,17,18,21). The number of carbonyl (C=O) groups excluding carboxylic acids is 1. The van der Waals surface area contributed by atoms with Gasteiger partial charge in [0.2, 0.25) is 5.91 Å². The predicted octanol–water partition coefficient (Wildman–Crippen LogP) is 1.91. The van der Waals surface area contributed by atoms with Crippen LogP contribution in [0.2, 0.25) is 5.02 Å². The number of fused-ring (bicyclic) bond motifs is 1. The summed E-state index contributed by atoms with van der Waals surface area (Å²) in [7, 11) is 1.81. The molecule has 0 unspecified atom stereocenters. The molecule has 22 heavy (non-hydrogen) atoms. The van der Waals surface area contributed by atoms with Gasteiger partial charge in [-0.2, -0.15) is 5.10 Å². The van der Waals surface area contributed by atoms with Crippen molar-refractivity contribution in [3.05, 3.63) is 41.0 Å². The second-order valence-electron chi connectivity index (χ2n) is 5.23. The molecule has 0 saturated carbocycles. The van der Waals surface area contributed by atoms with Gasteiger partial charge in [-0.05, 0) is 18.2 Å². The lowest BCUT2D eigenvalue weighted by Gasteiger charge is -2.18. The number of nitrogens with zero attached hydrogens (tertiary/aromatic N) is 3. The number of anilines is 1. The third kappa shape index (κ3) is 3.58. The van der Waals surface area contributed by atoms with Crippen LogP contribution in [0.5, 0.6) is 5.75 Å². The summed E-state index contributed by atoms with van der Waals surface area (Å²) in [5, 5.41) is 7.59. The molecule has 3 rings (SSSR count). The summed E-state index contributed by atoms with van der Waals surface area (Å²) >= 11 is 6.03. The highest BCUT2D eigenvalue weighted by Gasteiger charge is 2.18. The number of amides is 1. The van der Waals surface area contributed by atoms with E-state index in [1.54, 1.807) is 16.9 Å². The van der Waals surface area contributed by atoms with Gasteiger partial charge >= 0.3 is 0 Å². The lowest BCUT2D eigenvalue weighted by atomic mass is 10.2. The summed E-state index contributed by atoms with van der Waals surface area (Å²) in [4.78, 5) is 14.1. The number of aromatic nitrogens is 2. The molecule has 0 fully saturated rings. The Morgan fingerprint density at radius 3 is 3.09 bits per heavy atom. The van der Waals surface area contributed by atoms with Gasteiger partial charge in [0.25, 0.3) is 0 Å².